The van der Waals surface area contributed by atoms with Gasteiger partial charge in [-0.25, -0.2) is 0 Å². The third-order valence-corrected chi connectivity index (χ3v) is 3.69. The van der Waals surface area contributed by atoms with E-state index in [0.717, 1.165) is 26.1 Å². The lowest BCUT2D eigenvalue weighted by Gasteiger charge is -2.22. The first-order valence-electron chi connectivity index (χ1n) is 8.16. The van der Waals surface area contributed by atoms with Crippen LogP contribution in [0.4, 0.5) is 0 Å². The van der Waals surface area contributed by atoms with E-state index in [1.807, 2.05) is 0 Å². The summed E-state index contributed by atoms with van der Waals surface area (Å²) in [7, 11) is 0. The van der Waals surface area contributed by atoms with E-state index >= 15 is 0 Å². The highest BCUT2D eigenvalue weighted by molar-refractivity contribution is 4.53. The molecule has 0 N–H and O–H groups in total. The Hall–Kier alpha value is -0.0800. The second-order valence-electron chi connectivity index (χ2n) is 5.50. The van der Waals surface area contributed by atoms with Crippen molar-refractivity contribution in [3.63, 3.8) is 0 Å². The molecular formula is C16H32O2. The molecule has 0 amide bonds. The molecule has 0 aromatic rings. The van der Waals surface area contributed by atoms with Crippen molar-refractivity contribution >= 4 is 0 Å². The fourth-order valence-corrected chi connectivity index (χ4v) is 2.50. The van der Waals surface area contributed by atoms with Crippen LogP contribution >= 0.6 is 0 Å². The van der Waals surface area contributed by atoms with E-state index in [0.29, 0.717) is 0 Å². The van der Waals surface area contributed by atoms with Crippen molar-refractivity contribution in [2.45, 2.75) is 90.3 Å². The highest BCUT2D eigenvalue weighted by atomic mass is 16.7. The Morgan fingerprint density at radius 2 is 1.22 bits per heavy atom. The molecule has 1 aliphatic heterocycles. The van der Waals surface area contributed by atoms with Gasteiger partial charge in [-0.1, -0.05) is 64.7 Å². The Kier molecular flexibility index (Phi) is 10.6. The lowest BCUT2D eigenvalue weighted by molar-refractivity contribution is -0.181. The number of hydrogen-bond acceptors (Lipinski definition) is 2. The first-order chi connectivity index (χ1) is 8.93. The molecule has 0 radical (unpaired) electrons. The molecule has 0 aliphatic carbocycles. The minimum atomic E-state index is 0.104. The Morgan fingerprint density at radius 1 is 0.722 bits per heavy atom. The van der Waals surface area contributed by atoms with Crippen LogP contribution in [0, 0.1) is 0 Å². The standard InChI is InChI=1S/C16H32O2/c1-2-3-4-5-6-7-8-9-10-11-13-16-17-14-12-15-18-16/h16H,2-15H2,1H3. The molecule has 0 unspecified atom stereocenters. The van der Waals surface area contributed by atoms with Crippen molar-refractivity contribution < 1.29 is 9.47 Å². The van der Waals surface area contributed by atoms with Gasteiger partial charge in [-0.2, -0.15) is 0 Å². The predicted molar refractivity (Wildman–Crippen MR) is 76.8 cm³/mol. The van der Waals surface area contributed by atoms with Gasteiger partial charge in [-0.05, 0) is 19.3 Å². The number of hydrogen-bond donors (Lipinski definition) is 0. The van der Waals surface area contributed by atoms with Crippen LogP contribution in [0.5, 0.6) is 0 Å². The third kappa shape index (κ3) is 8.93. The smallest absolute Gasteiger partial charge is 0.157 e. The molecule has 0 aromatic carbocycles. The first-order valence-corrected chi connectivity index (χ1v) is 8.16. The lowest BCUT2D eigenvalue weighted by Crippen LogP contribution is -2.24. The first kappa shape index (κ1) is 16.0. The number of rotatable bonds is 11. The fraction of sp³-hybridized carbons (Fsp3) is 1.00. The molecule has 1 rings (SSSR count). The molecule has 0 spiro atoms. The fourth-order valence-electron chi connectivity index (χ4n) is 2.50. The van der Waals surface area contributed by atoms with E-state index in [4.69, 9.17) is 9.47 Å². The monoisotopic (exact) mass is 256 g/mol. The molecular weight excluding hydrogens is 224 g/mol. The van der Waals surface area contributed by atoms with Crippen molar-refractivity contribution in [3.05, 3.63) is 0 Å². The summed E-state index contributed by atoms with van der Waals surface area (Å²) >= 11 is 0. The second-order valence-corrected chi connectivity index (χ2v) is 5.50. The molecule has 1 fully saturated rings. The van der Waals surface area contributed by atoms with Crippen LogP contribution in [0.25, 0.3) is 0 Å². The van der Waals surface area contributed by atoms with E-state index in [2.05, 4.69) is 6.92 Å². The zero-order valence-electron chi connectivity index (χ0n) is 12.3. The molecule has 18 heavy (non-hydrogen) atoms. The van der Waals surface area contributed by atoms with Gasteiger partial charge < -0.3 is 9.47 Å². The van der Waals surface area contributed by atoms with Crippen LogP contribution in [-0.2, 0) is 9.47 Å². The van der Waals surface area contributed by atoms with Crippen LogP contribution in [0.2, 0.25) is 0 Å². The van der Waals surface area contributed by atoms with Crippen LogP contribution in [0.3, 0.4) is 0 Å². The molecule has 0 aromatic heterocycles. The maximum atomic E-state index is 5.54. The quantitative estimate of drug-likeness (QED) is 0.481. The summed E-state index contributed by atoms with van der Waals surface area (Å²) < 4.78 is 11.1. The van der Waals surface area contributed by atoms with Gasteiger partial charge in [0.15, 0.2) is 6.29 Å². The van der Waals surface area contributed by atoms with E-state index < -0.39 is 0 Å². The highest BCUT2D eigenvalue weighted by Crippen LogP contribution is 2.15. The maximum absolute atomic E-state index is 5.54. The number of unbranched alkanes of at least 4 members (excludes halogenated alkanes) is 9. The van der Waals surface area contributed by atoms with E-state index in [1.54, 1.807) is 0 Å². The van der Waals surface area contributed by atoms with Gasteiger partial charge in [-0.3, -0.25) is 0 Å². The molecule has 2 heteroatoms. The summed E-state index contributed by atoms with van der Waals surface area (Å²) in [6, 6.07) is 0. The summed E-state index contributed by atoms with van der Waals surface area (Å²) in [6.07, 6.45) is 16.2. The highest BCUT2D eigenvalue weighted by Gasteiger charge is 2.12. The van der Waals surface area contributed by atoms with Gasteiger partial charge in [0, 0.05) is 0 Å². The van der Waals surface area contributed by atoms with Crippen molar-refractivity contribution in [1.82, 2.24) is 0 Å². The van der Waals surface area contributed by atoms with Crippen molar-refractivity contribution in [2.24, 2.45) is 0 Å². The van der Waals surface area contributed by atoms with Gasteiger partial charge in [0.1, 0.15) is 0 Å². The Morgan fingerprint density at radius 3 is 1.78 bits per heavy atom. The van der Waals surface area contributed by atoms with E-state index in [9.17, 15) is 0 Å². The van der Waals surface area contributed by atoms with Crippen molar-refractivity contribution in [3.8, 4) is 0 Å². The summed E-state index contributed by atoms with van der Waals surface area (Å²) in [4.78, 5) is 0. The van der Waals surface area contributed by atoms with Crippen LogP contribution in [0.1, 0.15) is 84.0 Å². The zero-order valence-corrected chi connectivity index (χ0v) is 12.3. The minimum Gasteiger partial charge on any atom is -0.353 e. The third-order valence-electron chi connectivity index (χ3n) is 3.69. The Balaban J connectivity index is 1.73. The second kappa shape index (κ2) is 12.0. The summed E-state index contributed by atoms with van der Waals surface area (Å²) in [6.45, 7) is 4.06. The van der Waals surface area contributed by atoms with Crippen LogP contribution < -0.4 is 0 Å². The molecule has 1 saturated heterocycles. The van der Waals surface area contributed by atoms with Gasteiger partial charge >= 0.3 is 0 Å². The molecule has 0 atom stereocenters. The van der Waals surface area contributed by atoms with Crippen LogP contribution in [0.15, 0.2) is 0 Å². The lowest BCUT2D eigenvalue weighted by atomic mass is 10.1. The predicted octanol–water partition coefficient (Wildman–Crippen LogP) is 5.06. The Bertz CT molecular complexity index is 164. The molecule has 2 nitrogen and oxygen atoms in total. The molecule has 0 bridgehead atoms. The van der Waals surface area contributed by atoms with Gasteiger partial charge in [0.05, 0.1) is 13.2 Å². The molecule has 108 valence electrons. The average Bonchev–Trinajstić information content (AvgIpc) is 2.42. The average molecular weight is 256 g/mol. The summed E-state index contributed by atoms with van der Waals surface area (Å²) in [5, 5.41) is 0. The van der Waals surface area contributed by atoms with Crippen LogP contribution in [-0.4, -0.2) is 19.5 Å². The molecule has 0 saturated carbocycles. The normalized spacial score (nSPS) is 17.2. The summed E-state index contributed by atoms with van der Waals surface area (Å²) in [5.74, 6) is 0. The zero-order chi connectivity index (χ0) is 12.9. The van der Waals surface area contributed by atoms with Gasteiger partial charge in [0.2, 0.25) is 0 Å². The van der Waals surface area contributed by atoms with E-state index in [1.165, 1.54) is 64.2 Å². The minimum absolute atomic E-state index is 0.104. The molecule has 1 heterocycles. The Labute approximate surface area is 113 Å². The van der Waals surface area contributed by atoms with Crippen molar-refractivity contribution in [2.75, 3.05) is 13.2 Å². The van der Waals surface area contributed by atoms with Gasteiger partial charge in [-0.15, -0.1) is 0 Å². The largest absolute Gasteiger partial charge is 0.353 e. The number of ether oxygens (including phenoxy) is 2. The van der Waals surface area contributed by atoms with E-state index in [-0.39, 0.29) is 6.29 Å². The summed E-state index contributed by atoms with van der Waals surface area (Å²) in [5.41, 5.74) is 0. The maximum Gasteiger partial charge on any atom is 0.157 e. The SMILES string of the molecule is CCCCCCCCCCCCC1OCCCO1. The topological polar surface area (TPSA) is 18.5 Å². The van der Waals surface area contributed by atoms with Crippen molar-refractivity contribution in [1.29, 1.82) is 0 Å². The van der Waals surface area contributed by atoms with Gasteiger partial charge in [0.25, 0.3) is 0 Å². The molecule has 1 aliphatic rings.